The quantitative estimate of drug-likeness (QED) is 0.546. The smallest absolute Gasteiger partial charge is 0 e. The molecule has 0 aromatic rings. The Morgan fingerprint density at radius 1 is 1.25 bits per heavy atom. The standard InChI is InChI=1S/FH.Li.Lu.Pr/h1H;;;/q;+1;;/p-1. The van der Waals surface area contributed by atoms with E-state index in [1.54, 1.807) is 0 Å². The van der Waals surface area contributed by atoms with Crippen LogP contribution < -0.4 is 0 Å². The second-order valence-electron chi connectivity index (χ2n) is 0. The first-order chi connectivity index (χ1) is 1.00. The Morgan fingerprint density at radius 2 is 1.25 bits per heavy atom. The van der Waals surface area contributed by atoms with Gasteiger partial charge in [-0.15, -0.1) is 0 Å². The molecule has 0 aliphatic rings. The first-order valence-electron chi connectivity index (χ1n) is 0.378. The predicted octanol–water partition coefficient (Wildman–Crippen LogP) is 0.0394. The molecule has 0 amide bonds. The molecule has 0 rings (SSSR count). The number of halogens is 1. The van der Waals surface area contributed by atoms with Crippen molar-refractivity contribution >= 4 is 18.2 Å². The van der Waals surface area contributed by atoms with Crippen LogP contribution >= 0.6 is 0 Å². The Bertz CT molecular complexity index is 8.00. The Kier molecular flexibility index (Phi) is 64.7. The Labute approximate surface area is 97.2 Å². The topological polar surface area (TPSA) is 0 Å². The van der Waals surface area contributed by atoms with E-state index < -0.39 is 0 Å². The first kappa shape index (κ1) is 15.7. The summed E-state index contributed by atoms with van der Waals surface area (Å²) in [5, 5.41) is 0. The molecule has 0 fully saturated rings. The summed E-state index contributed by atoms with van der Waals surface area (Å²) >= 11 is 0.500. The van der Waals surface area contributed by atoms with Gasteiger partial charge in [-0.2, -0.15) is 0 Å². The van der Waals surface area contributed by atoms with Gasteiger partial charge in [-0.3, -0.25) is 0 Å². The van der Waals surface area contributed by atoms with Crippen molar-refractivity contribution in [2.75, 3.05) is 0 Å². The van der Waals surface area contributed by atoms with E-state index in [2.05, 4.69) is 0 Å². The van der Waals surface area contributed by atoms with Gasteiger partial charge in [-0.05, 0) is 0 Å². The van der Waals surface area contributed by atoms with Crippen LogP contribution in [-0.2, 0) is 0 Å². The third-order valence-corrected chi connectivity index (χ3v) is 0. The van der Waals surface area contributed by atoms with Crippen LogP contribution in [0.3, 0.4) is 0 Å². The fourth-order valence-electron chi connectivity index (χ4n) is 0. The van der Waals surface area contributed by atoms with Crippen molar-refractivity contribution in [3.05, 3.63) is 0 Å². The normalized spacial score (nSPS) is 1.75. The van der Waals surface area contributed by atoms with Crippen molar-refractivity contribution in [2.45, 2.75) is 0 Å². The van der Waals surface area contributed by atoms with E-state index in [1.165, 1.54) is 0 Å². The van der Waals surface area contributed by atoms with E-state index in [0.29, 0.717) is 18.2 Å². The SMILES string of the molecule is [Li][F].[Lu].[Pr]. The van der Waals surface area contributed by atoms with Crippen molar-refractivity contribution < 1.29 is 81.5 Å². The van der Waals surface area contributed by atoms with E-state index in [9.17, 15) is 3.38 Å². The number of hydrogen-bond donors (Lipinski definition) is 0. The van der Waals surface area contributed by atoms with Gasteiger partial charge in [0.2, 0.25) is 0 Å². The summed E-state index contributed by atoms with van der Waals surface area (Å²) in [6, 6.07) is 0. The molecule has 4 heavy (non-hydrogen) atoms. The monoisotopic (exact) mass is 342 g/mol. The molecule has 4 heteroatoms. The number of rotatable bonds is 0. The molecular weight excluding hydrogens is 342 g/mol. The van der Waals surface area contributed by atoms with Gasteiger partial charge < -0.3 is 0 Å². The minimum Gasteiger partial charge on any atom is 0 e. The van der Waals surface area contributed by atoms with E-state index in [0.717, 1.165) is 0 Å². The Balaban J connectivity index is -0.00000000500. The van der Waals surface area contributed by atoms with Crippen molar-refractivity contribution in [1.29, 1.82) is 0 Å². The third kappa shape index (κ3) is 8.93. The average molecular weight is 342 g/mol. The van der Waals surface area contributed by atoms with Gasteiger partial charge in [0.15, 0.2) is 0 Å². The van der Waals surface area contributed by atoms with E-state index in [-0.39, 0.29) is 78.2 Å². The van der Waals surface area contributed by atoms with Crippen molar-refractivity contribution in [3.8, 4) is 0 Å². The molecule has 0 bridgehead atoms. The van der Waals surface area contributed by atoms with Gasteiger partial charge in [-0.25, -0.2) is 0 Å². The fourth-order valence-corrected chi connectivity index (χ4v) is 0. The molecule has 2 radical (unpaired) electrons. The molecule has 0 aromatic carbocycles. The van der Waals surface area contributed by atoms with E-state index in [1.807, 2.05) is 0 Å². The summed E-state index contributed by atoms with van der Waals surface area (Å²) in [6.45, 7) is 0. The van der Waals surface area contributed by atoms with Gasteiger partial charge in [0.1, 0.15) is 0 Å². The van der Waals surface area contributed by atoms with Crippen LogP contribution in [0.4, 0.5) is 3.38 Å². The summed E-state index contributed by atoms with van der Waals surface area (Å²) in [7, 11) is 0. The van der Waals surface area contributed by atoms with Crippen molar-refractivity contribution in [1.82, 2.24) is 0 Å². The maximum absolute atomic E-state index is 9.50. The molecule has 0 unspecified atom stereocenters. The molecule has 0 spiro atoms. The Hall–Kier alpha value is 3.12. The molecule has 26 valence electrons. The predicted molar refractivity (Wildman–Crippen MR) is 6.86 cm³/mol. The molecular formula is FLiLuPr. The van der Waals surface area contributed by atoms with E-state index >= 15 is 0 Å². The zero-order valence-corrected chi connectivity index (χ0v) is 7.57. The second kappa shape index (κ2) is 16.5. The van der Waals surface area contributed by atoms with Crippen molar-refractivity contribution in [2.24, 2.45) is 0 Å². The van der Waals surface area contributed by atoms with Crippen LogP contribution in [0.2, 0.25) is 0 Å². The van der Waals surface area contributed by atoms with Crippen LogP contribution in [0.5, 0.6) is 0 Å². The molecule has 0 heterocycles. The van der Waals surface area contributed by atoms with Crippen LogP contribution in [0.25, 0.3) is 0 Å². The summed E-state index contributed by atoms with van der Waals surface area (Å²) in [6.07, 6.45) is 0. The van der Waals surface area contributed by atoms with Gasteiger partial charge in [0.05, 0.1) is 0 Å². The largest absolute Gasteiger partial charge is 0 e. The van der Waals surface area contributed by atoms with Gasteiger partial charge in [0, 0.05) is 78.2 Å². The number of hydrogen-bond acceptors (Lipinski definition) is 0. The summed E-state index contributed by atoms with van der Waals surface area (Å²) < 4.78 is 9.50. The molecule has 0 aliphatic heterocycles. The average Bonchev–Trinajstić information content (AvgIpc) is 1.00. The zero-order chi connectivity index (χ0) is 2.00. The van der Waals surface area contributed by atoms with Gasteiger partial charge >= 0.3 is 21.6 Å². The van der Waals surface area contributed by atoms with Crippen LogP contribution in [0.1, 0.15) is 0 Å². The van der Waals surface area contributed by atoms with Gasteiger partial charge in [0.25, 0.3) is 0 Å². The molecule has 0 aliphatic carbocycles. The first-order valence-corrected chi connectivity index (χ1v) is 0.378. The van der Waals surface area contributed by atoms with Crippen LogP contribution in [-0.4, -0.2) is 18.2 Å². The van der Waals surface area contributed by atoms with Crippen LogP contribution in [0, 0.1) is 78.2 Å². The summed E-state index contributed by atoms with van der Waals surface area (Å²) in [5.74, 6) is 0. The molecule has 0 atom stereocenters. The maximum atomic E-state index is 9.50. The van der Waals surface area contributed by atoms with Crippen molar-refractivity contribution in [3.63, 3.8) is 0 Å². The minimum atomic E-state index is 0. The second-order valence-corrected chi connectivity index (χ2v) is 0. The molecule has 0 saturated heterocycles. The third-order valence-electron chi connectivity index (χ3n) is 0. The Morgan fingerprint density at radius 3 is 1.25 bits per heavy atom. The molecule has 0 N–H and O–H groups in total. The fraction of sp³-hybridized carbons (Fsp3) is 0. The summed E-state index contributed by atoms with van der Waals surface area (Å²) in [4.78, 5) is 0. The minimum absolute atomic E-state index is 0. The molecule has 0 aromatic heterocycles. The molecule has 0 nitrogen and oxygen atoms in total. The molecule has 0 saturated carbocycles. The van der Waals surface area contributed by atoms with Crippen LogP contribution in [0.15, 0.2) is 0 Å². The zero-order valence-electron chi connectivity index (χ0n) is 2.21. The maximum Gasteiger partial charge on any atom is 0 e. The van der Waals surface area contributed by atoms with E-state index in [4.69, 9.17) is 0 Å². The summed E-state index contributed by atoms with van der Waals surface area (Å²) in [5.41, 5.74) is 0. The van der Waals surface area contributed by atoms with Gasteiger partial charge in [-0.1, -0.05) is 0 Å².